The van der Waals surface area contributed by atoms with E-state index in [1.807, 2.05) is 0 Å². The Labute approximate surface area is 144 Å². The second kappa shape index (κ2) is 7.01. The van der Waals surface area contributed by atoms with Crippen molar-refractivity contribution in [3.8, 4) is 0 Å². The number of nitrogens with zero attached hydrogens (tertiary/aromatic N) is 1. The summed E-state index contributed by atoms with van der Waals surface area (Å²) in [6.07, 6.45) is 1.47. The monoisotopic (exact) mass is 344 g/mol. The van der Waals surface area contributed by atoms with E-state index in [-0.39, 0.29) is 17.9 Å². The van der Waals surface area contributed by atoms with Gasteiger partial charge < -0.3 is 10.2 Å². The van der Waals surface area contributed by atoms with Crippen LogP contribution in [0.4, 0.5) is 8.78 Å². The van der Waals surface area contributed by atoms with Gasteiger partial charge in [-0.3, -0.25) is 9.59 Å². The maximum absolute atomic E-state index is 13.5. The van der Waals surface area contributed by atoms with Gasteiger partial charge in [0.25, 0.3) is 11.8 Å². The number of likely N-dealkylation sites (tertiary alicyclic amines) is 1. The highest BCUT2D eigenvalue weighted by Crippen LogP contribution is 2.33. The Morgan fingerprint density at radius 1 is 1.08 bits per heavy atom. The molecule has 1 fully saturated rings. The van der Waals surface area contributed by atoms with Gasteiger partial charge in [0, 0.05) is 24.7 Å². The molecule has 1 aliphatic rings. The summed E-state index contributed by atoms with van der Waals surface area (Å²) < 4.78 is 26.7. The molecule has 2 aromatic carbocycles. The van der Waals surface area contributed by atoms with Crippen LogP contribution in [0.2, 0.25) is 0 Å². The second-order valence-electron chi connectivity index (χ2n) is 5.99. The molecular formula is C19H18F2N2O2. The summed E-state index contributed by atoms with van der Waals surface area (Å²) in [6, 6.07) is 9.91. The Morgan fingerprint density at radius 2 is 1.84 bits per heavy atom. The molecule has 1 atom stereocenters. The predicted octanol–water partition coefficient (Wildman–Crippen LogP) is 3.30. The van der Waals surface area contributed by atoms with Crippen molar-refractivity contribution >= 4 is 11.8 Å². The Bertz CT molecular complexity index is 823. The van der Waals surface area contributed by atoms with E-state index in [0.29, 0.717) is 29.7 Å². The average molecular weight is 344 g/mol. The maximum Gasteiger partial charge on any atom is 0.254 e. The highest BCUT2D eigenvalue weighted by atomic mass is 19.2. The molecule has 25 heavy (non-hydrogen) atoms. The van der Waals surface area contributed by atoms with Crippen molar-refractivity contribution in [1.82, 2.24) is 10.2 Å². The van der Waals surface area contributed by atoms with Crippen LogP contribution in [0.5, 0.6) is 0 Å². The maximum atomic E-state index is 13.5. The molecule has 1 unspecified atom stereocenters. The number of carbonyl (C=O) groups excluding carboxylic acids is 2. The van der Waals surface area contributed by atoms with Crippen molar-refractivity contribution in [1.29, 1.82) is 0 Å². The third-order valence-corrected chi connectivity index (χ3v) is 4.44. The summed E-state index contributed by atoms with van der Waals surface area (Å²) in [7, 11) is 1.52. The molecule has 0 bridgehead atoms. The summed E-state index contributed by atoms with van der Waals surface area (Å²) in [5.41, 5.74) is 1.37. The normalized spacial score (nSPS) is 16.8. The number of carbonyl (C=O) groups is 2. The number of hydrogen-bond acceptors (Lipinski definition) is 2. The lowest BCUT2D eigenvalue weighted by molar-refractivity contribution is 0.0735. The lowest BCUT2D eigenvalue weighted by atomic mass is 10.0. The molecule has 1 saturated heterocycles. The molecule has 0 aromatic heterocycles. The van der Waals surface area contributed by atoms with Crippen LogP contribution in [0.3, 0.4) is 0 Å². The van der Waals surface area contributed by atoms with Crippen molar-refractivity contribution < 1.29 is 18.4 Å². The molecule has 1 aliphatic heterocycles. The summed E-state index contributed by atoms with van der Waals surface area (Å²) >= 11 is 0. The topological polar surface area (TPSA) is 49.4 Å². The minimum Gasteiger partial charge on any atom is -0.355 e. The van der Waals surface area contributed by atoms with Gasteiger partial charge in [-0.25, -0.2) is 8.78 Å². The fourth-order valence-electron chi connectivity index (χ4n) is 3.18. The predicted molar refractivity (Wildman–Crippen MR) is 89.2 cm³/mol. The quantitative estimate of drug-likeness (QED) is 0.929. The Hall–Kier alpha value is -2.76. The third-order valence-electron chi connectivity index (χ3n) is 4.44. The van der Waals surface area contributed by atoms with E-state index in [1.165, 1.54) is 13.1 Å². The van der Waals surface area contributed by atoms with E-state index >= 15 is 0 Å². The molecule has 2 amide bonds. The fraction of sp³-hybridized carbons (Fsp3) is 0.263. The lowest BCUT2D eigenvalue weighted by Crippen LogP contribution is -2.31. The molecule has 1 N–H and O–H groups in total. The van der Waals surface area contributed by atoms with E-state index in [1.54, 1.807) is 29.2 Å². The minimum absolute atomic E-state index is 0.224. The average Bonchev–Trinajstić information content (AvgIpc) is 3.12. The molecule has 130 valence electrons. The first-order valence-corrected chi connectivity index (χ1v) is 8.09. The SMILES string of the molecule is CNC(=O)c1cccc(C(=O)N2CCCC2c2ccc(F)c(F)c2)c1. The van der Waals surface area contributed by atoms with E-state index in [0.717, 1.165) is 18.6 Å². The van der Waals surface area contributed by atoms with Gasteiger partial charge >= 0.3 is 0 Å². The highest BCUT2D eigenvalue weighted by Gasteiger charge is 2.31. The Balaban J connectivity index is 1.88. The van der Waals surface area contributed by atoms with Gasteiger partial charge in [0.15, 0.2) is 11.6 Å². The molecule has 1 heterocycles. The zero-order valence-electron chi connectivity index (χ0n) is 13.8. The second-order valence-corrected chi connectivity index (χ2v) is 5.99. The van der Waals surface area contributed by atoms with Crippen LogP contribution < -0.4 is 5.32 Å². The summed E-state index contributed by atoms with van der Waals surface area (Å²) in [5.74, 6) is -2.32. The van der Waals surface area contributed by atoms with Gasteiger partial charge in [-0.05, 0) is 48.7 Å². The Kier molecular flexibility index (Phi) is 4.79. The van der Waals surface area contributed by atoms with Gasteiger partial charge in [-0.15, -0.1) is 0 Å². The summed E-state index contributed by atoms with van der Waals surface area (Å²) in [5, 5.41) is 2.52. The molecule has 6 heteroatoms. The molecule has 2 aromatic rings. The molecule has 3 rings (SSSR count). The number of halogens is 2. The Morgan fingerprint density at radius 3 is 2.56 bits per heavy atom. The molecule has 0 saturated carbocycles. The van der Waals surface area contributed by atoms with E-state index < -0.39 is 11.6 Å². The van der Waals surface area contributed by atoms with Crippen LogP contribution in [0.15, 0.2) is 42.5 Å². The zero-order chi connectivity index (χ0) is 18.0. The standard InChI is InChI=1S/C19H18F2N2O2/c1-22-18(24)13-4-2-5-14(10-13)19(25)23-9-3-6-17(23)12-7-8-15(20)16(21)11-12/h2,4-5,7-8,10-11,17H,3,6,9H2,1H3,(H,22,24). The van der Waals surface area contributed by atoms with Gasteiger partial charge in [-0.2, -0.15) is 0 Å². The zero-order valence-corrected chi connectivity index (χ0v) is 13.8. The van der Waals surface area contributed by atoms with Gasteiger partial charge in [0.1, 0.15) is 0 Å². The van der Waals surface area contributed by atoms with Gasteiger partial charge in [0.2, 0.25) is 0 Å². The van der Waals surface area contributed by atoms with Gasteiger partial charge in [-0.1, -0.05) is 12.1 Å². The first kappa shape index (κ1) is 17.1. The number of hydrogen-bond donors (Lipinski definition) is 1. The molecular weight excluding hydrogens is 326 g/mol. The highest BCUT2D eigenvalue weighted by molar-refractivity contribution is 5.99. The van der Waals surface area contributed by atoms with Gasteiger partial charge in [0.05, 0.1) is 6.04 Å². The molecule has 4 nitrogen and oxygen atoms in total. The molecule has 0 aliphatic carbocycles. The van der Waals surface area contributed by atoms with Crippen molar-refractivity contribution in [2.75, 3.05) is 13.6 Å². The van der Waals surface area contributed by atoms with E-state index in [2.05, 4.69) is 5.32 Å². The van der Waals surface area contributed by atoms with Crippen molar-refractivity contribution in [2.24, 2.45) is 0 Å². The van der Waals surface area contributed by atoms with Crippen molar-refractivity contribution in [3.05, 3.63) is 70.8 Å². The van der Waals surface area contributed by atoms with Crippen LogP contribution in [-0.2, 0) is 0 Å². The number of rotatable bonds is 3. The number of benzene rings is 2. The lowest BCUT2D eigenvalue weighted by Gasteiger charge is -2.25. The van der Waals surface area contributed by atoms with E-state index in [9.17, 15) is 18.4 Å². The number of nitrogens with one attached hydrogen (secondary N) is 1. The van der Waals surface area contributed by atoms with Crippen LogP contribution in [0, 0.1) is 11.6 Å². The third kappa shape index (κ3) is 3.38. The minimum atomic E-state index is -0.918. The van der Waals surface area contributed by atoms with Crippen LogP contribution >= 0.6 is 0 Å². The first-order valence-electron chi connectivity index (χ1n) is 8.09. The van der Waals surface area contributed by atoms with E-state index in [4.69, 9.17) is 0 Å². The molecule has 0 spiro atoms. The van der Waals surface area contributed by atoms with Crippen LogP contribution in [0.25, 0.3) is 0 Å². The van der Waals surface area contributed by atoms with Crippen LogP contribution in [0.1, 0.15) is 45.2 Å². The van der Waals surface area contributed by atoms with Crippen molar-refractivity contribution in [3.63, 3.8) is 0 Å². The summed E-state index contributed by atoms with van der Waals surface area (Å²) in [6.45, 7) is 0.534. The number of amides is 2. The first-order chi connectivity index (χ1) is 12.0. The van der Waals surface area contributed by atoms with Crippen LogP contribution in [-0.4, -0.2) is 30.3 Å². The smallest absolute Gasteiger partial charge is 0.254 e. The largest absolute Gasteiger partial charge is 0.355 e. The summed E-state index contributed by atoms with van der Waals surface area (Å²) in [4.78, 5) is 26.3. The van der Waals surface area contributed by atoms with Crippen molar-refractivity contribution in [2.45, 2.75) is 18.9 Å². The molecule has 0 radical (unpaired) electrons. The fourth-order valence-corrected chi connectivity index (χ4v) is 3.18.